The topological polar surface area (TPSA) is 9.23 Å². The molecular weight excluding hydrogens is 148 g/mol. The van der Waals surface area contributed by atoms with Gasteiger partial charge in [0.2, 0.25) is 0 Å². The van der Waals surface area contributed by atoms with Gasteiger partial charge in [0.1, 0.15) is 0 Å². The largest absolute Gasteiger partial charge is 0.385 e. The molecule has 1 rings (SSSR count). The molecule has 66 valence electrons. The zero-order valence-corrected chi connectivity index (χ0v) is 7.79. The lowest BCUT2D eigenvalue weighted by Crippen LogP contribution is -1.98. The molecule has 0 N–H and O–H groups in total. The highest BCUT2D eigenvalue weighted by atomic mass is 16.5. The van der Waals surface area contributed by atoms with Crippen molar-refractivity contribution in [2.45, 2.75) is 19.3 Å². The SMILES string of the molecule is COCC[C@@H](C)c1ccccc1. The molecule has 0 aliphatic heterocycles. The summed E-state index contributed by atoms with van der Waals surface area (Å²) in [4.78, 5) is 0. The maximum Gasteiger partial charge on any atom is 0.0467 e. The van der Waals surface area contributed by atoms with E-state index < -0.39 is 0 Å². The molecule has 0 amide bonds. The third-order valence-corrected chi connectivity index (χ3v) is 2.12. The van der Waals surface area contributed by atoms with Gasteiger partial charge in [-0.2, -0.15) is 0 Å². The molecule has 0 aliphatic rings. The van der Waals surface area contributed by atoms with Crippen LogP contribution >= 0.6 is 0 Å². The van der Waals surface area contributed by atoms with E-state index in [0.29, 0.717) is 5.92 Å². The quantitative estimate of drug-likeness (QED) is 0.665. The summed E-state index contributed by atoms with van der Waals surface area (Å²) in [6.07, 6.45) is 1.10. The normalized spacial score (nSPS) is 12.8. The number of benzene rings is 1. The molecule has 0 fully saturated rings. The van der Waals surface area contributed by atoms with Crippen molar-refractivity contribution < 1.29 is 4.74 Å². The van der Waals surface area contributed by atoms with Gasteiger partial charge in [0.25, 0.3) is 0 Å². The minimum Gasteiger partial charge on any atom is -0.385 e. The van der Waals surface area contributed by atoms with Gasteiger partial charge in [-0.25, -0.2) is 0 Å². The number of methoxy groups -OCH3 is 1. The highest BCUT2D eigenvalue weighted by molar-refractivity contribution is 5.18. The van der Waals surface area contributed by atoms with E-state index in [1.165, 1.54) is 5.56 Å². The van der Waals surface area contributed by atoms with Crippen molar-refractivity contribution in [2.75, 3.05) is 13.7 Å². The number of hydrogen-bond donors (Lipinski definition) is 0. The highest BCUT2D eigenvalue weighted by Crippen LogP contribution is 2.17. The van der Waals surface area contributed by atoms with Crippen LogP contribution in [-0.2, 0) is 4.74 Å². The molecule has 0 heterocycles. The van der Waals surface area contributed by atoms with Crippen LogP contribution in [0.25, 0.3) is 0 Å². The first-order valence-corrected chi connectivity index (χ1v) is 4.38. The highest BCUT2D eigenvalue weighted by Gasteiger charge is 2.02. The molecule has 0 unspecified atom stereocenters. The van der Waals surface area contributed by atoms with Crippen LogP contribution in [0.4, 0.5) is 0 Å². The molecule has 0 aliphatic carbocycles. The Morgan fingerprint density at radius 2 is 1.92 bits per heavy atom. The Morgan fingerprint density at radius 3 is 2.50 bits per heavy atom. The van der Waals surface area contributed by atoms with E-state index in [-0.39, 0.29) is 0 Å². The molecule has 1 aromatic carbocycles. The van der Waals surface area contributed by atoms with E-state index in [1.807, 2.05) is 6.07 Å². The van der Waals surface area contributed by atoms with Crippen molar-refractivity contribution in [2.24, 2.45) is 0 Å². The van der Waals surface area contributed by atoms with E-state index in [2.05, 4.69) is 31.2 Å². The summed E-state index contributed by atoms with van der Waals surface area (Å²) in [5, 5.41) is 0. The predicted molar refractivity (Wildman–Crippen MR) is 51.4 cm³/mol. The van der Waals surface area contributed by atoms with Crippen LogP contribution in [0, 0.1) is 0 Å². The van der Waals surface area contributed by atoms with Crippen molar-refractivity contribution in [1.29, 1.82) is 0 Å². The zero-order valence-electron chi connectivity index (χ0n) is 7.79. The second-order valence-electron chi connectivity index (χ2n) is 3.09. The van der Waals surface area contributed by atoms with Crippen molar-refractivity contribution in [3.05, 3.63) is 35.9 Å². The fourth-order valence-corrected chi connectivity index (χ4v) is 1.24. The predicted octanol–water partition coefficient (Wildman–Crippen LogP) is 2.83. The molecule has 0 saturated heterocycles. The van der Waals surface area contributed by atoms with Gasteiger partial charge < -0.3 is 4.74 Å². The Morgan fingerprint density at radius 1 is 1.25 bits per heavy atom. The van der Waals surface area contributed by atoms with Gasteiger partial charge in [-0.1, -0.05) is 37.3 Å². The molecule has 0 spiro atoms. The second-order valence-corrected chi connectivity index (χ2v) is 3.09. The van der Waals surface area contributed by atoms with Gasteiger partial charge in [0.15, 0.2) is 0 Å². The lowest BCUT2D eigenvalue weighted by molar-refractivity contribution is 0.189. The van der Waals surface area contributed by atoms with Gasteiger partial charge in [-0.15, -0.1) is 0 Å². The second kappa shape index (κ2) is 4.94. The fraction of sp³-hybridized carbons (Fsp3) is 0.455. The van der Waals surface area contributed by atoms with E-state index in [0.717, 1.165) is 13.0 Å². The minimum absolute atomic E-state index is 0.603. The van der Waals surface area contributed by atoms with Crippen molar-refractivity contribution in [1.82, 2.24) is 0 Å². The van der Waals surface area contributed by atoms with Crippen LogP contribution in [0.2, 0.25) is 0 Å². The lowest BCUT2D eigenvalue weighted by Gasteiger charge is -2.10. The van der Waals surface area contributed by atoms with Gasteiger partial charge in [0.05, 0.1) is 0 Å². The fourth-order valence-electron chi connectivity index (χ4n) is 1.24. The van der Waals surface area contributed by atoms with Gasteiger partial charge in [0, 0.05) is 13.7 Å². The first-order valence-electron chi connectivity index (χ1n) is 4.38. The maximum absolute atomic E-state index is 5.03. The summed E-state index contributed by atoms with van der Waals surface area (Å²) in [7, 11) is 1.75. The molecule has 0 radical (unpaired) electrons. The summed E-state index contributed by atoms with van der Waals surface area (Å²) in [6.45, 7) is 3.07. The Hall–Kier alpha value is -0.820. The zero-order chi connectivity index (χ0) is 8.81. The van der Waals surface area contributed by atoms with E-state index in [1.54, 1.807) is 7.11 Å². The molecule has 0 saturated carbocycles. The van der Waals surface area contributed by atoms with Crippen LogP contribution in [-0.4, -0.2) is 13.7 Å². The van der Waals surface area contributed by atoms with Crippen molar-refractivity contribution >= 4 is 0 Å². The summed E-state index contributed by atoms with van der Waals surface area (Å²) >= 11 is 0. The monoisotopic (exact) mass is 164 g/mol. The summed E-state index contributed by atoms with van der Waals surface area (Å²) in [6, 6.07) is 10.5. The Labute approximate surface area is 74.4 Å². The average molecular weight is 164 g/mol. The molecule has 1 atom stereocenters. The van der Waals surface area contributed by atoms with E-state index in [4.69, 9.17) is 4.74 Å². The standard InChI is InChI=1S/C11H16O/c1-10(8-9-12-2)11-6-4-3-5-7-11/h3-7,10H,8-9H2,1-2H3/t10-/m1/s1. The molecule has 1 heteroatoms. The molecule has 1 nitrogen and oxygen atoms in total. The Bertz CT molecular complexity index is 206. The van der Waals surface area contributed by atoms with Gasteiger partial charge in [-0.05, 0) is 17.9 Å². The first-order chi connectivity index (χ1) is 5.84. The Kier molecular flexibility index (Phi) is 3.81. The van der Waals surface area contributed by atoms with Gasteiger partial charge in [-0.3, -0.25) is 0 Å². The van der Waals surface area contributed by atoms with Crippen LogP contribution in [0.15, 0.2) is 30.3 Å². The third-order valence-electron chi connectivity index (χ3n) is 2.12. The smallest absolute Gasteiger partial charge is 0.0467 e. The van der Waals surface area contributed by atoms with Crippen LogP contribution < -0.4 is 0 Å². The van der Waals surface area contributed by atoms with Crippen molar-refractivity contribution in [3.8, 4) is 0 Å². The third kappa shape index (κ3) is 2.67. The molecule has 1 aromatic rings. The van der Waals surface area contributed by atoms with Crippen LogP contribution in [0.3, 0.4) is 0 Å². The average Bonchev–Trinajstić information content (AvgIpc) is 2.15. The van der Waals surface area contributed by atoms with Gasteiger partial charge >= 0.3 is 0 Å². The molecule has 12 heavy (non-hydrogen) atoms. The number of rotatable bonds is 4. The van der Waals surface area contributed by atoms with E-state index >= 15 is 0 Å². The maximum atomic E-state index is 5.03. The Balaban J connectivity index is 2.48. The van der Waals surface area contributed by atoms with Crippen LogP contribution in [0.1, 0.15) is 24.8 Å². The number of ether oxygens (including phenoxy) is 1. The number of hydrogen-bond acceptors (Lipinski definition) is 1. The summed E-state index contributed by atoms with van der Waals surface area (Å²) < 4.78 is 5.03. The summed E-state index contributed by atoms with van der Waals surface area (Å²) in [5.41, 5.74) is 1.40. The van der Waals surface area contributed by atoms with Crippen molar-refractivity contribution in [3.63, 3.8) is 0 Å². The summed E-state index contributed by atoms with van der Waals surface area (Å²) in [5.74, 6) is 0.603. The molecular formula is C11H16O. The molecule has 0 bridgehead atoms. The lowest BCUT2D eigenvalue weighted by atomic mass is 9.98. The van der Waals surface area contributed by atoms with E-state index in [9.17, 15) is 0 Å². The molecule has 0 aromatic heterocycles. The minimum atomic E-state index is 0.603. The van der Waals surface area contributed by atoms with Crippen LogP contribution in [0.5, 0.6) is 0 Å². The first kappa shape index (κ1) is 9.27.